The third-order valence-electron chi connectivity index (χ3n) is 3.49. The van der Waals surface area contributed by atoms with Crippen molar-refractivity contribution >= 4 is 6.09 Å². The van der Waals surface area contributed by atoms with E-state index in [4.69, 9.17) is 4.74 Å². The van der Waals surface area contributed by atoms with E-state index < -0.39 is 11.6 Å². The molecule has 110 valence electrons. The predicted molar refractivity (Wildman–Crippen MR) is 69.4 cm³/mol. The number of amides is 1. The number of hydrogen-bond acceptors (Lipinski definition) is 2. The van der Waals surface area contributed by atoms with Gasteiger partial charge >= 0.3 is 6.09 Å². The van der Waals surface area contributed by atoms with Gasteiger partial charge in [0.05, 0.1) is 38.3 Å². The maximum atomic E-state index is 13.6. The molecule has 0 unspecified atom stereocenters. The first-order valence-corrected chi connectivity index (χ1v) is 6.80. The van der Waals surface area contributed by atoms with Crippen molar-refractivity contribution < 1.29 is 23.2 Å². The molecule has 1 saturated heterocycles. The minimum Gasteiger partial charge on any atom is -0.450 e. The first kappa shape index (κ1) is 14.7. The monoisotopic (exact) mass is 285 g/mol. The summed E-state index contributed by atoms with van der Waals surface area (Å²) < 4.78 is 32.1. The highest BCUT2D eigenvalue weighted by molar-refractivity contribution is 5.67. The van der Waals surface area contributed by atoms with Crippen LogP contribution in [0.2, 0.25) is 0 Å². The molecule has 2 rings (SSSR count). The molecule has 20 heavy (non-hydrogen) atoms. The first-order valence-electron chi connectivity index (χ1n) is 6.80. The van der Waals surface area contributed by atoms with Crippen molar-refractivity contribution in [1.29, 1.82) is 0 Å². The fraction of sp³-hybridized carbons (Fsp3) is 0.500. The topological polar surface area (TPSA) is 34.0 Å². The predicted octanol–water partition coefficient (Wildman–Crippen LogP) is 0.822. The number of halogens is 2. The highest BCUT2D eigenvalue weighted by Crippen LogP contribution is 2.10. The van der Waals surface area contributed by atoms with Crippen molar-refractivity contribution in [2.24, 2.45) is 0 Å². The van der Waals surface area contributed by atoms with E-state index in [0.717, 1.165) is 4.90 Å². The molecule has 1 aromatic rings. The van der Waals surface area contributed by atoms with Crippen molar-refractivity contribution in [2.75, 3.05) is 32.8 Å². The lowest BCUT2D eigenvalue weighted by Crippen LogP contribution is -3.13. The van der Waals surface area contributed by atoms with Gasteiger partial charge in [-0.05, 0) is 19.1 Å². The highest BCUT2D eigenvalue weighted by atomic mass is 19.1. The van der Waals surface area contributed by atoms with Gasteiger partial charge in [-0.15, -0.1) is 0 Å². The fourth-order valence-electron chi connectivity index (χ4n) is 2.35. The average molecular weight is 285 g/mol. The molecule has 1 amide bonds. The van der Waals surface area contributed by atoms with E-state index in [1.807, 2.05) is 0 Å². The molecule has 1 aliphatic heterocycles. The van der Waals surface area contributed by atoms with Gasteiger partial charge in [-0.3, -0.25) is 4.90 Å². The van der Waals surface area contributed by atoms with Gasteiger partial charge in [0.2, 0.25) is 0 Å². The molecule has 1 heterocycles. The minimum absolute atomic E-state index is 0.118. The van der Waals surface area contributed by atoms with Crippen LogP contribution < -0.4 is 4.90 Å². The summed E-state index contributed by atoms with van der Waals surface area (Å²) in [5.74, 6) is -1.02. The van der Waals surface area contributed by atoms with Crippen LogP contribution in [0.25, 0.3) is 0 Å². The summed E-state index contributed by atoms with van der Waals surface area (Å²) in [6, 6.07) is 3.90. The molecule has 6 heteroatoms. The number of piperazine rings is 1. The zero-order chi connectivity index (χ0) is 14.5. The van der Waals surface area contributed by atoms with Gasteiger partial charge in [0, 0.05) is 0 Å². The summed E-state index contributed by atoms with van der Waals surface area (Å²) in [7, 11) is 0. The third-order valence-corrected chi connectivity index (χ3v) is 3.49. The lowest BCUT2D eigenvalue weighted by molar-refractivity contribution is -0.917. The molecule has 0 saturated carbocycles. The second kappa shape index (κ2) is 6.65. The van der Waals surface area contributed by atoms with Gasteiger partial charge in [-0.1, -0.05) is 6.07 Å². The van der Waals surface area contributed by atoms with Crippen LogP contribution in [-0.2, 0) is 11.3 Å². The van der Waals surface area contributed by atoms with Crippen molar-refractivity contribution in [2.45, 2.75) is 13.5 Å². The van der Waals surface area contributed by atoms with Crippen LogP contribution in [0.15, 0.2) is 18.2 Å². The molecule has 1 aliphatic rings. The molecular weight excluding hydrogens is 266 g/mol. The molecule has 0 radical (unpaired) electrons. The number of benzene rings is 1. The van der Waals surface area contributed by atoms with Crippen LogP contribution in [0.1, 0.15) is 12.5 Å². The Labute approximate surface area is 116 Å². The molecule has 4 nitrogen and oxygen atoms in total. The SMILES string of the molecule is CCOC(=O)N1CC[NH+](Cc2c(F)cccc2F)CC1. The van der Waals surface area contributed by atoms with E-state index in [1.54, 1.807) is 11.8 Å². The van der Waals surface area contributed by atoms with Gasteiger partial charge in [0.25, 0.3) is 0 Å². The van der Waals surface area contributed by atoms with E-state index in [-0.39, 0.29) is 11.7 Å². The summed E-state index contributed by atoms with van der Waals surface area (Å²) in [6.07, 6.45) is -0.316. The quantitative estimate of drug-likeness (QED) is 0.892. The number of nitrogens with one attached hydrogen (secondary N) is 1. The Morgan fingerprint density at radius 3 is 2.45 bits per heavy atom. The Bertz CT molecular complexity index is 454. The summed E-state index contributed by atoms with van der Waals surface area (Å²) in [4.78, 5) is 14.2. The number of nitrogens with zero attached hydrogens (tertiary/aromatic N) is 1. The van der Waals surface area contributed by atoms with Crippen LogP contribution in [-0.4, -0.2) is 43.8 Å². The lowest BCUT2D eigenvalue weighted by atomic mass is 10.1. The lowest BCUT2D eigenvalue weighted by Gasteiger charge is -2.31. The zero-order valence-electron chi connectivity index (χ0n) is 11.5. The van der Waals surface area contributed by atoms with Gasteiger partial charge in [-0.25, -0.2) is 13.6 Å². The van der Waals surface area contributed by atoms with Gasteiger partial charge in [-0.2, -0.15) is 0 Å². The van der Waals surface area contributed by atoms with E-state index in [2.05, 4.69) is 0 Å². The van der Waals surface area contributed by atoms with E-state index >= 15 is 0 Å². The average Bonchev–Trinajstić information content (AvgIpc) is 2.44. The Hall–Kier alpha value is -1.69. The molecule has 0 aliphatic carbocycles. The summed E-state index contributed by atoms with van der Waals surface area (Å²) in [5.41, 5.74) is 0.118. The van der Waals surface area contributed by atoms with Crippen LogP contribution in [0, 0.1) is 11.6 Å². The fourth-order valence-corrected chi connectivity index (χ4v) is 2.35. The normalized spacial score (nSPS) is 16.2. The van der Waals surface area contributed by atoms with E-state index in [1.165, 1.54) is 18.2 Å². The van der Waals surface area contributed by atoms with Crippen molar-refractivity contribution in [3.63, 3.8) is 0 Å². The Kier molecular flexibility index (Phi) is 4.89. The van der Waals surface area contributed by atoms with Crippen LogP contribution in [0.5, 0.6) is 0 Å². The Morgan fingerprint density at radius 1 is 1.30 bits per heavy atom. The number of hydrogen-bond donors (Lipinski definition) is 1. The maximum absolute atomic E-state index is 13.6. The molecule has 0 bridgehead atoms. The molecule has 1 N–H and O–H groups in total. The van der Waals surface area contributed by atoms with Crippen molar-refractivity contribution in [3.05, 3.63) is 35.4 Å². The molecular formula is C14H19F2N2O2+. The zero-order valence-corrected chi connectivity index (χ0v) is 11.5. The minimum atomic E-state index is -0.509. The second-order valence-electron chi connectivity index (χ2n) is 4.81. The van der Waals surface area contributed by atoms with Gasteiger partial charge < -0.3 is 9.64 Å². The summed E-state index contributed by atoms with van der Waals surface area (Å²) in [6.45, 7) is 4.83. The second-order valence-corrected chi connectivity index (χ2v) is 4.81. The summed E-state index contributed by atoms with van der Waals surface area (Å²) in [5, 5.41) is 0. The van der Waals surface area contributed by atoms with Crippen LogP contribution >= 0.6 is 0 Å². The molecule has 1 fully saturated rings. The highest BCUT2D eigenvalue weighted by Gasteiger charge is 2.25. The maximum Gasteiger partial charge on any atom is 0.410 e. The van der Waals surface area contributed by atoms with Gasteiger partial charge in [0.1, 0.15) is 18.2 Å². The Balaban J connectivity index is 1.90. The Morgan fingerprint density at radius 2 is 1.90 bits per heavy atom. The number of carbonyl (C=O) groups excluding carboxylic acids is 1. The smallest absolute Gasteiger partial charge is 0.410 e. The van der Waals surface area contributed by atoms with Gasteiger partial charge in [0.15, 0.2) is 0 Å². The largest absolute Gasteiger partial charge is 0.450 e. The number of ether oxygens (including phenoxy) is 1. The number of rotatable bonds is 3. The van der Waals surface area contributed by atoms with E-state index in [9.17, 15) is 13.6 Å². The first-order chi connectivity index (χ1) is 9.61. The van der Waals surface area contributed by atoms with Crippen LogP contribution in [0.3, 0.4) is 0 Å². The van der Waals surface area contributed by atoms with Crippen molar-refractivity contribution in [1.82, 2.24) is 4.90 Å². The molecule has 0 spiro atoms. The summed E-state index contributed by atoms with van der Waals surface area (Å²) >= 11 is 0. The molecule has 0 atom stereocenters. The molecule has 1 aromatic carbocycles. The van der Waals surface area contributed by atoms with Crippen LogP contribution in [0.4, 0.5) is 13.6 Å². The van der Waals surface area contributed by atoms with E-state index in [0.29, 0.717) is 39.3 Å². The van der Waals surface area contributed by atoms with Crippen molar-refractivity contribution in [3.8, 4) is 0 Å². The number of carbonyl (C=O) groups is 1. The molecule has 0 aromatic heterocycles. The standard InChI is InChI=1S/C14H18F2N2O2/c1-2-20-14(19)18-8-6-17(7-9-18)10-11-12(15)4-3-5-13(11)16/h3-5H,2,6-10H2,1H3/p+1. The third kappa shape index (κ3) is 3.45. The number of quaternary nitrogens is 1.